The number of sulfone groups is 1. The molecule has 1 aromatic rings. The van der Waals surface area contributed by atoms with Gasteiger partial charge in [0.2, 0.25) is 0 Å². The Kier molecular flexibility index (Phi) is 4.50. The maximum atomic E-state index is 11.9. The maximum absolute atomic E-state index is 11.9. The number of hydrogen-bond acceptors (Lipinski definition) is 3. The van der Waals surface area contributed by atoms with E-state index in [1.54, 1.807) is 6.92 Å². The zero-order chi connectivity index (χ0) is 12.2. The molecule has 0 aliphatic rings. The SMILES string of the molecule is CCC(C)S(=O)(=O)CC(N)c1ccccc1. The summed E-state index contributed by atoms with van der Waals surface area (Å²) in [6.07, 6.45) is 0.629. The van der Waals surface area contributed by atoms with Crippen molar-refractivity contribution in [2.45, 2.75) is 31.6 Å². The molecule has 90 valence electrons. The van der Waals surface area contributed by atoms with Crippen LogP contribution in [0.2, 0.25) is 0 Å². The lowest BCUT2D eigenvalue weighted by Crippen LogP contribution is -2.28. The molecule has 16 heavy (non-hydrogen) atoms. The van der Waals surface area contributed by atoms with Crippen molar-refractivity contribution in [1.29, 1.82) is 0 Å². The molecule has 0 saturated carbocycles. The van der Waals surface area contributed by atoms with Gasteiger partial charge in [0.15, 0.2) is 9.84 Å². The molecule has 4 heteroatoms. The average Bonchev–Trinajstić information content (AvgIpc) is 2.28. The summed E-state index contributed by atoms with van der Waals surface area (Å²) >= 11 is 0. The van der Waals surface area contributed by atoms with Gasteiger partial charge in [0.1, 0.15) is 0 Å². The van der Waals surface area contributed by atoms with Crippen LogP contribution in [-0.2, 0) is 9.84 Å². The molecule has 0 saturated heterocycles. The van der Waals surface area contributed by atoms with Crippen molar-refractivity contribution in [1.82, 2.24) is 0 Å². The molecule has 2 unspecified atom stereocenters. The summed E-state index contributed by atoms with van der Waals surface area (Å²) in [7, 11) is -3.08. The second-order valence-electron chi connectivity index (χ2n) is 4.07. The van der Waals surface area contributed by atoms with Crippen LogP contribution in [0.25, 0.3) is 0 Å². The fourth-order valence-electron chi connectivity index (χ4n) is 1.46. The van der Waals surface area contributed by atoms with Gasteiger partial charge in [-0.25, -0.2) is 8.42 Å². The normalized spacial score (nSPS) is 15.7. The Morgan fingerprint density at radius 3 is 2.31 bits per heavy atom. The molecule has 0 heterocycles. The van der Waals surface area contributed by atoms with E-state index >= 15 is 0 Å². The lowest BCUT2D eigenvalue weighted by Gasteiger charge is -2.15. The molecule has 0 amide bonds. The van der Waals surface area contributed by atoms with Crippen LogP contribution in [0.15, 0.2) is 30.3 Å². The Morgan fingerprint density at radius 1 is 1.25 bits per heavy atom. The summed E-state index contributed by atoms with van der Waals surface area (Å²) in [5.74, 6) is 0.0199. The molecule has 1 aromatic carbocycles. The van der Waals surface area contributed by atoms with Crippen molar-refractivity contribution in [3.63, 3.8) is 0 Å². The van der Waals surface area contributed by atoms with Crippen LogP contribution in [0.3, 0.4) is 0 Å². The summed E-state index contributed by atoms with van der Waals surface area (Å²) in [4.78, 5) is 0. The predicted molar refractivity (Wildman–Crippen MR) is 66.9 cm³/mol. The van der Waals surface area contributed by atoms with E-state index in [9.17, 15) is 8.42 Å². The van der Waals surface area contributed by atoms with Crippen LogP contribution in [0.1, 0.15) is 31.9 Å². The minimum absolute atomic E-state index is 0.0199. The third-order valence-corrected chi connectivity index (χ3v) is 5.21. The number of hydrogen-bond donors (Lipinski definition) is 1. The molecule has 2 N–H and O–H groups in total. The highest BCUT2D eigenvalue weighted by molar-refractivity contribution is 7.92. The Balaban J connectivity index is 2.76. The standard InChI is InChI=1S/C12H19NO2S/c1-3-10(2)16(14,15)9-12(13)11-7-5-4-6-8-11/h4-8,10,12H,3,9,13H2,1-2H3. The lowest BCUT2D eigenvalue weighted by atomic mass is 10.1. The molecule has 2 atom stereocenters. The average molecular weight is 241 g/mol. The molecule has 3 nitrogen and oxygen atoms in total. The molecule has 0 fully saturated rings. The summed E-state index contributed by atoms with van der Waals surface area (Å²) < 4.78 is 23.7. The summed E-state index contributed by atoms with van der Waals surface area (Å²) in [5.41, 5.74) is 6.76. The van der Waals surface area contributed by atoms with Gasteiger partial charge in [-0.05, 0) is 18.9 Å². The molecule has 1 rings (SSSR count). The van der Waals surface area contributed by atoms with Crippen LogP contribution in [0, 0.1) is 0 Å². The highest BCUT2D eigenvalue weighted by Crippen LogP contribution is 2.15. The molecular weight excluding hydrogens is 222 g/mol. The van der Waals surface area contributed by atoms with Crippen LogP contribution in [0.4, 0.5) is 0 Å². The minimum atomic E-state index is -3.08. The maximum Gasteiger partial charge on any atom is 0.154 e. The Bertz CT molecular complexity index is 414. The van der Waals surface area contributed by atoms with Crippen molar-refractivity contribution < 1.29 is 8.42 Å². The van der Waals surface area contributed by atoms with E-state index in [1.807, 2.05) is 37.3 Å². The molecule has 0 aliphatic carbocycles. The van der Waals surface area contributed by atoms with Crippen molar-refractivity contribution in [2.24, 2.45) is 5.73 Å². The van der Waals surface area contributed by atoms with E-state index in [2.05, 4.69) is 0 Å². The third-order valence-electron chi connectivity index (χ3n) is 2.83. The molecule has 0 bridgehead atoms. The van der Waals surface area contributed by atoms with E-state index < -0.39 is 15.9 Å². The first kappa shape index (κ1) is 13.2. The fourth-order valence-corrected chi connectivity index (χ4v) is 2.99. The largest absolute Gasteiger partial charge is 0.323 e. The van der Waals surface area contributed by atoms with E-state index in [-0.39, 0.29) is 11.0 Å². The molecular formula is C12H19NO2S. The molecule has 0 aromatic heterocycles. The Morgan fingerprint density at radius 2 is 1.81 bits per heavy atom. The lowest BCUT2D eigenvalue weighted by molar-refractivity contribution is 0.574. The molecule has 0 aliphatic heterocycles. The topological polar surface area (TPSA) is 60.2 Å². The molecule has 0 spiro atoms. The highest BCUT2D eigenvalue weighted by Gasteiger charge is 2.22. The van der Waals surface area contributed by atoms with Gasteiger partial charge in [-0.2, -0.15) is 0 Å². The van der Waals surface area contributed by atoms with Gasteiger partial charge in [0, 0.05) is 6.04 Å². The van der Waals surface area contributed by atoms with E-state index in [0.29, 0.717) is 6.42 Å². The molecule has 0 radical (unpaired) electrons. The van der Waals surface area contributed by atoms with Crippen LogP contribution in [0.5, 0.6) is 0 Å². The summed E-state index contributed by atoms with van der Waals surface area (Å²) in [5, 5.41) is -0.317. The highest BCUT2D eigenvalue weighted by atomic mass is 32.2. The van der Waals surface area contributed by atoms with Gasteiger partial charge >= 0.3 is 0 Å². The zero-order valence-electron chi connectivity index (χ0n) is 9.76. The van der Waals surface area contributed by atoms with Crippen LogP contribution < -0.4 is 5.73 Å². The minimum Gasteiger partial charge on any atom is -0.323 e. The number of benzene rings is 1. The van der Waals surface area contributed by atoms with Crippen molar-refractivity contribution in [3.05, 3.63) is 35.9 Å². The van der Waals surface area contributed by atoms with Gasteiger partial charge in [-0.15, -0.1) is 0 Å². The van der Waals surface area contributed by atoms with Crippen molar-refractivity contribution in [2.75, 3.05) is 5.75 Å². The van der Waals surface area contributed by atoms with Crippen LogP contribution in [-0.4, -0.2) is 19.4 Å². The predicted octanol–water partition coefficient (Wildman–Crippen LogP) is 1.90. The van der Waals surface area contributed by atoms with Gasteiger partial charge in [0.05, 0.1) is 11.0 Å². The third kappa shape index (κ3) is 3.32. The quantitative estimate of drug-likeness (QED) is 0.856. The summed E-state index contributed by atoms with van der Waals surface area (Å²) in [6, 6.07) is 8.91. The van der Waals surface area contributed by atoms with E-state index in [0.717, 1.165) is 5.56 Å². The van der Waals surface area contributed by atoms with E-state index in [1.165, 1.54) is 0 Å². The number of nitrogens with two attached hydrogens (primary N) is 1. The Hall–Kier alpha value is -0.870. The monoisotopic (exact) mass is 241 g/mol. The van der Waals surface area contributed by atoms with Crippen molar-refractivity contribution >= 4 is 9.84 Å². The second-order valence-corrected chi connectivity index (χ2v) is 6.53. The van der Waals surface area contributed by atoms with Gasteiger partial charge < -0.3 is 5.73 Å². The first-order valence-electron chi connectivity index (χ1n) is 5.49. The summed E-state index contributed by atoms with van der Waals surface area (Å²) in [6.45, 7) is 3.60. The smallest absolute Gasteiger partial charge is 0.154 e. The first-order chi connectivity index (χ1) is 7.47. The second kappa shape index (κ2) is 5.46. The van der Waals surface area contributed by atoms with Crippen molar-refractivity contribution in [3.8, 4) is 0 Å². The van der Waals surface area contributed by atoms with Gasteiger partial charge in [-0.1, -0.05) is 37.3 Å². The Labute approximate surface area is 97.6 Å². The first-order valence-corrected chi connectivity index (χ1v) is 7.21. The van der Waals surface area contributed by atoms with E-state index in [4.69, 9.17) is 5.73 Å². The van der Waals surface area contributed by atoms with Crippen LogP contribution >= 0.6 is 0 Å². The fraction of sp³-hybridized carbons (Fsp3) is 0.500. The van der Waals surface area contributed by atoms with Gasteiger partial charge in [0.25, 0.3) is 0 Å². The number of rotatable bonds is 5. The van der Waals surface area contributed by atoms with Gasteiger partial charge in [-0.3, -0.25) is 0 Å². The zero-order valence-corrected chi connectivity index (χ0v) is 10.6.